The summed E-state index contributed by atoms with van der Waals surface area (Å²) in [7, 11) is -3.72. The summed E-state index contributed by atoms with van der Waals surface area (Å²) in [6.45, 7) is 4.72. The van der Waals surface area contributed by atoms with E-state index < -0.39 is 15.9 Å². The quantitative estimate of drug-likeness (QED) is 0.646. The topological polar surface area (TPSA) is 115 Å². The van der Waals surface area contributed by atoms with E-state index in [4.69, 9.17) is 9.26 Å². The molecule has 0 unspecified atom stereocenters. The Kier molecular flexibility index (Phi) is 5.86. The summed E-state index contributed by atoms with van der Waals surface area (Å²) in [4.78, 5) is 17.4. The molecular weight excluding hydrogens is 420 g/mol. The van der Waals surface area contributed by atoms with Crippen molar-refractivity contribution >= 4 is 21.6 Å². The van der Waals surface area contributed by atoms with E-state index in [9.17, 15) is 13.2 Å². The lowest BCUT2D eigenvalue weighted by molar-refractivity contribution is 0.0730. The molecule has 0 spiro atoms. The molecular formula is C21H22N4O5S. The van der Waals surface area contributed by atoms with Crippen molar-refractivity contribution in [2.75, 3.05) is 31.6 Å². The van der Waals surface area contributed by atoms with Crippen LogP contribution in [0.5, 0.6) is 0 Å². The van der Waals surface area contributed by atoms with Crippen LogP contribution in [0.4, 0.5) is 5.69 Å². The number of sulfonamides is 1. The maximum atomic E-state index is 13.1. The zero-order valence-corrected chi connectivity index (χ0v) is 18.0. The molecule has 1 N–H and O–H groups in total. The molecule has 162 valence electrons. The molecule has 31 heavy (non-hydrogen) atoms. The number of anilines is 1. The van der Waals surface area contributed by atoms with Gasteiger partial charge in [0.25, 0.3) is 5.91 Å². The molecule has 0 radical (unpaired) electrons. The fourth-order valence-corrected chi connectivity index (χ4v) is 4.76. The standard InChI is InChI=1S/C21H22N4O5S/c1-14-7-8-16(31(27,28)25-9-11-29-12-10-25)13-18(14)21(26)23-19-6-4-3-5-17(19)20-22-15(2)30-24-20/h3-8,13H,9-12H2,1-2H3,(H,23,26). The molecule has 0 atom stereocenters. The fraction of sp³-hybridized carbons (Fsp3) is 0.286. The number of hydrogen-bond acceptors (Lipinski definition) is 7. The maximum absolute atomic E-state index is 13.1. The minimum absolute atomic E-state index is 0.0761. The van der Waals surface area contributed by atoms with E-state index in [1.54, 1.807) is 44.2 Å². The van der Waals surface area contributed by atoms with E-state index in [1.165, 1.54) is 16.4 Å². The monoisotopic (exact) mass is 442 g/mol. The number of hydrogen-bond donors (Lipinski definition) is 1. The van der Waals surface area contributed by atoms with Gasteiger partial charge < -0.3 is 14.6 Å². The smallest absolute Gasteiger partial charge is 0.255 e. The molecule has 0 saturated carbocycles. The number of morpholine rings is 1. The second kappa shape index (κ2) is 8.58. The van der Waals surface area contributed by atoms with Crippen LogP contribution >= 0.6 is 0 Å². The highest BCUT2D eigenvalue weighted by Crippen LogP contribution is 2.27. The third kappa shape index (κ3) is 4.36. The Balaban J connectivity index is 1.64. The van der Waals surface area contributed by atoms with Crippen LogP contribution in [0.1, 0.15) is 21.8 Å². The van der Waals surface area contributed by atoms with Gasteiger partial charge in [0.05, 0.1) is 23.8 Å². The number of carbonyl (C=O) groups is 1. The second-order valence-electron chi connectivity index (χ2n) is 7.13. The molecule has 1 saturated heterocycles. The van der Waals surface area contributed by atoms with E-state index in [-0.39, 0.29) is 23.5 Å². The van der Waals surface area contributed by atoms with Gasteiger partial charge in [-0.1, -0.05) is 23.4 Å². The molecule has 10 heteroatoms. The largest absolute Gasteiger partial charge is 0.379 e. The minimum Gasteiger partial charge on any atom is -0.379 e. The second-order valence-corrected chi connectivity index (χ2v) is 9.07. The number of ether oxygens (including phenoxy) is 1. The summed E-state index contributed by atoms with van der Waals surface area (Å²) in [5.41, 5.74) is 2.02. The molecule has 0 aliphatic carbocycles. The highest BCUT2D eigenvalue weighted by molar-refractivity contribution is 7.89. The van der Waals surface area contributed by atoms with Crippen molar-refractivity contribution in [2.45, 2.75) is 18.7 Å². The molecule has 1 aromatic heterocycles. The lowest BCUT2D eigenvalue weighted by atomic mass is 10.1. The van der Waals surface area contributed by atoms with Gasteiger partial charge in [0.2, 0.25) is 21.7 Å². The molecule has 3 aromatic rings. The summed E-state index contributed by atoms with van der Waals surface area (Å²) in [6.07, 6.45) is 0. The van der Waals surface area contributed by atoms with E-state index in [0.29, 0.717) is 41.7 Å². The number of rotatable bonds is 5. The van der Waals surface area contributed by atoms with Crippen LogP contribution in [0.2, 0.25) is 0 Å². The Bertz CT molecular complexity index is 1220. The van der Waals surface area contributed by atoms with E-state index >= 15 is 0 Å². The predicted molar refractivity (Wildman–Crippen MR) is 113 cm³/mol. The molecule has 1 aliphatic rings. The Morgan fingerprint density at radius 2 is 1.84 bits per heavy atom. The van der Waals surface area contributed by atoms with Crippen molar-refractivity contribution in [3.05, 3.63) is 59.5 Å². The average Bonchev–Trinajstić information content (AvgIpc) is 3.21. The van der Waals surface area contributed by atoms with E-state index in [2.05, 4.69) is 15.5 Å². The number of aromatic nitrogens is 2. The van der Waals surface area contributed by atoms with Gasteiger partial charge in [-0.25, -0.2) is 8.42 Å². The Labute approximate surface area is 180 Å². The van der Waals surface area contributed by atoms with Gasteiger partial charge in [0.15, 0.2) is 0 Å². The first kappa shape index (κ1) is 21.2. The number of carbonyl (C=O) groups excluding carboxylic acids is 1. The normalized spacial score (nSPS) is 15.0. The molecule has 1 amide bonds. The first-order valence-electron chi connectivity index (χ1n) is 9.76. The lowest BCUT2D eigenvalue weighted by Crippen LogP contribution is -2.40. The number of para-hydroxylation sites is 1. The van der Waals surface area contributed by atoms with Crippen molar-refractivity contribution < 1.29 is 22.5 Å². The number of benzene rings is 2. The summed E-state index contributed by atoms with van der Waals surface area (Å²) < 4.78 is 37.6. The van der Waals surface area contributed by atoms with Crippen molar-refractivity contribution in [1.29, 1.82) is 0 Å². The third-order valence-electron chi connectivity index (χ3n) is 5.01. The van der Waals surface area contributed by atoms with Gasteiger partial charge >= 0.3 is 0 Å². The molecule has 2 heterocycles. The summed E-state index contributed by atoms with van der Waals surface area (Å²) in [5, 5.41) is 6.75. The van der Waals surface area contributed by atoms with E-state index in [0.717, 1.165) is 0 Å². The van der Waals surface area contributed by atoms with Gasteiger partial charge in [-0.2, -0.15) is 9.29 Å². The number of nitrogens with zero attached hydrogens (tertiary/aromatic N) is 3. The molecule has 0 bridgehead atoms. The van der Waals surface area contributed by atoms with Gasteiger partial charge in [-0.05, 0) is 36.8 Å². The summed E-state index contributed by atoms with van der Waals surface area (Å²) in [6, 6.07) is 11.6. The first-order chi connectivity index (χ1) is 14.9. The molecule has 9 nitrogen and oxygen atoms in total. The Hall–Kier alpha value is -3.08. The van der Waals surface area contributed by atoms with Crippen LogP contribution in [-0.4, -0.2) is 55.1 Å². The maximum Gasteiger partial charge on any atom is 0.255 e. The van der Waals surface area contributed by atoms with Crippen LogP contribution < -0.4 is 5.32 Å². The molecule has 2 aromatic carbocycles. The highest BCUT2D eigenvalue weighted by Gasteiger charge is 2.27. The van der Waals surface area contributed by atoms with E-state index in [1.807, 2.05) is 0 Å². The number of aryl methyl sites for hydroxylation is 2. The number of nitrogens with one attached hydrogen (secondary N) is 1. The Morgan fingerprint density at radius 1 is 1.10 bits per heavy atom. The molecule has 1 fully saturated rings. The van der Waals surface area contributed by atoms with Crippen molar-refractivity contribution in [3.63, 3.8) is 0 Å². The fourth-order valence-electron chi connectivity index (χ4n) is 3.33. The van der Waals surface area contributed by atoms with Crippen LogP contribution in [0.25, 0.3) is 11.4 Å². The predicted octanol–water partition coefficient (Wildman–Crippen LogP) is 2.63. The first-order valence-corrected chi connectivity index (χ1v) is 11.2. The van der Waals surface area contributed by atoms with Crippen LogP contribution in [0.3, 0.4) is 0 Å². The third-order valence-corrected chi connectivity index (χ3v) is 6.90. The van der Waals surface area contributed by atoms with Crippen molar-refractivity contribution in [1.82, 2.24) is 14.4 Å². The molecule has 4 rings (SSSR count). The van der Waals surface area contributed by atoms with Crippen LogP contribution in [0.15, 0.2) is 51.9 Å². The number of amides is 1. The van der Waals surface area contributed by atoms with Gasteiger partial charge in [0.1, 0.15) is 0 Å². The summed E-state index contributed by atoms with van der Waals surface area (Å²) in [5.74, 6) is 0.339. The SMILES string of the molecule is Cc1nc(-c2ccccc2NC(=O)c2cc(S(=O)(=O)N3CCOCC3)ccc2C)no1. The van der Waals surface area contributed by atoms with Crippen LogP contribution in [-0.2, 0) is 14.8 Å². The lowest BCUT2D eigenvalue weighted by Gasteiger charge is -2.26. The van der Waals surface area contributed by atoms with Crippen LogP contribution in [0, 0.1) is 13.8 Å². The Morgan fingerprint density at radius 3 is 2.55 bits per heavy atom. The van der Waals surface area contributed by atoms with Crippen molar-refractivity contribution in [3.8, 4) is 11.4 Å². The van der Waals surface area contributed by atoms with Gasteiger partial charge in [0, 0.05) is 31.1 Å². The average molecular weight is 442 g/mol. The van der Waals surface area contributed by atoms with Crippen molar-refractivity contribution in [2.24, 2.45) is 0 Å². The zero-order valence-electron chi connectivity index (χ0n) is 17.2. The highest BCUT2D eigenvalue weighted by atomic mass is 32.2. The van der Waals surface area contributed by atoms with Gasteiger partial charge in [-0.15, -0.1) is 0 Å². The minimum atomic E-state index is -3.72. The van der Waals surface area contributed by atoms with Gasteiger partial charge in [-0.3, -0.25) is 4.79 Å². The molecule has 1 aliphatic heterocycles. The zero-order chi connectivity index (χ0) is 22.0. The summed E-state index contributed by atoms with van der Waals surface area (Å²) >= 11 is 0.